The molecule has 0 aromatic carbocycles. The van der Waals surface area contributed by atoms with Crippen molar-refractivity contribution in [2.45, 2.75) is 251 Å². The molecule has 0 heterocycles. The van der Waals surface area contributed by atoms with Gasteiger partial charge in [0.05, 0.1) is 6.61 Å². The van der Waals surface area contributed by atoms with Gasteiger partial charge in [0.2, 0.25) is 0 Å². The molecule has 0 amide bonds. The van der Waals surface area contributed by atoms with E-state index in [0.717, 1.165) is 52.1 Å². The van der Waals surface area contributed by atoms with Crippen LogP contribution >= 0.6 is 7.82 Å². The number of rotatable bonds is 45. The molecule has 336 valence electrons. The predicted molar refractivity (Wildman–Crippen MR) is 239 cm³/mol. The van der Waals surface area contributed by atoms with Crippen LogP contribution in [-0.4, -0.2) is 43.3 Å². The average Bonchev–Trinajstić information content (AvgIpc) is 3.20. The van der Waals surface area contributed by atoms with Crippen molar-refractivity contribution in [2.75, 3.05) is 20.3 Å². The summed E-state index contributed by atoms with van der Waals surface area (Å²) in [6, 6.07) is 0. The third kappa shape index (κ3) is 43.9. The molecule has 9 heteroatoms. The topological polar surface area (TPSA) is 108 Å². The maximum atomic E-state index is 12.5. The van der Waals surface area contributed by atoms with Crippen LogP contribution in [0.1, 0.15) is 245 Å². The zero-order valence-electron chi connectivity index (χ0n) is 37.5. The molecule has 2 unspecified atom stereocenters. The van der Waals surface area contributed by atoms with Crippen LogP contribution in [0.3, 0.4) is 0 Å². The number of ether oxygens (including phenoxy) is 2. The lowest BCUT2D eigenvalue weighted by Gasteiger charge is -2.19. The standard InChI is InChI=1S/C48H91O8P/c1-4-6-8-10-12-14-16-18-20-22-24-26-28-30-32-34-36-38-40-42-47(49)54-44-46(45-55-57(51,52)53-3)56-48(50)43-41-39-37-35-33-31-29-27-25-23-21-19-17-15-13-11-9-7-5-2/h13,15,19,21,46H,4-12,14,16-18,20,22-45H2,1-3H3,(H,51,52)/b15-13-,21-19-. The van der Waals surface area contributed by atoms with Gasteiger partial charge in [0.15, 0.2) is 6.10 Å². The minimum Gasteiger partial charge on any atom is -0.462 e. The van der Waals surface area contributed by atoms with Crippen molar-refractivity contribution < 1.29 is 37.6 Å². The van der Waals surface area contributed by atoms with Crippen molar-refractivity contribution in [1.82, 2.24) is 0 Å². The minimum atomic E-state index is -4.26. The van der Waals surface area contributed by atoms with Gasteiger partial charge >= 0.3 is 19.8 Å². The van der Waals surface area contributed by atoms with Gasteiger partial charge in [-0.15, -0.1) is 0 Å². The summed E-state index contributed by atoms with van der Waals surface area (Å²) in [6.07, 6.45) is 50.9. The molecule has 0 spiro atoms. The van der Waals surface area contributed by atoms with Crippen LogP contribution in [0.15, 0.2) is 24.3 Å². The molecule has 0 aromatic heterocycles. The van der Waals surface area contributed by atoms with E-state index in [1.165, 1.54) is 167 Å². The van der Waals surface area contributed by atoms with Gasteiger partial charge in [0.1, 0.15) is 6.61 Å². The molecule has 2 atom stereocenters. The van der Waals surface area contributed by atoms with Crippen molar-refractivity contribution in [2.24, 2.45) is 0 Å². The second kappa shape index (κ2) is 44.1. The number of allylic oxidation sites excluding steroid dienone is 4. The molecule has 0 saturated heterocycles. The highest BCUT2D eigenvalue weighted by Crippen LogP contribution is 2.42. The van der Waals surface area contributed by atoms with Crippen LogP contribution < -0.4 is 0 Å². The number of hydrogen-bond acceptors (Lipinski definition) is 7. The first kappa shape index (κ1) is 55.5. The summed E-state index contributed by atoms with van der Waals surface area (Å²) in [5.74, 6) is -0.795. The van der Waals surface area contributed by atoms with Gasteiger partial charge in [-0.1, -0.05) is 212 Å². The van der Waals surface area contributed by atoms with E-state index < -0.39 is 26.5 Å². The first-order chi connectivity index (χ1) is 27.8. The van der Waals surface area contributed by atoms with E-state index >= 15 is 0 Å². The molecule has 1 N–H and O–H groups in total. The Kier molecular flexibility index (Phi) is 43.0. The van der Waals surface area contributed by atoms with Gasteiger partial charge in [-0.3, -0.25) is 18.6 Å². The maximum absolute atomic E-state index is 12.5. The normalized spacial score (nSPS) is 13.4. The van der Waals surface area contributed by atoms with Crippen molar-refractivity contribution in [1.29, 1.82) is 0 Å². The van der Waals surface area contributed by atoms with E-state index in [2.05, 4.69) is 42.7 Å². The van der Waals surface area contributed by atoms with Crippen LogP contribution in [0.4, 0.5) is 0 Å². The van der Waals surface area contributed by atoms with Gasteiger partial charge in [-0.05, 0) is 44.9 Å². The zero-order chi connectivity index (χ0) is 41.8. The monoisotopic (exact) mass is 827 g/mol. The van der Waals surface area contributed by atoms with E-state index in [1.807, 2.05) is 0 Å². The van der Waals surface area contributed by atoms with E-state index in [4.69, 9.17) is 14.0 Å². The highest BCUT2D eigenvalue weighted by Gasteiger charge is 2.24. The van der Waals surface area contributed by atoms with Gasteiger partial charge in [-0.2, -0.15) is 0 Å². The Morgan fingerprint density at radius 3 is 1.26 bits per heavy atom. The quantitative estimate of drug-likeness (QED) is 0.0280. The third-order valence-electron chi connectivity index (χ3n) is 10.7. The number of carbonyl (C=O) groups excluding carboxylic acids is 2. The smallest absolute Gasteiger partial charge is 0.462 e. The first-order valence-electron chi connectivity index (χ1n) is 24.0. The summed E-state index contributed by atoms with van der Waals surface area (Å²) in [6.45, 7) is 3.90. The second-order valence-corrected chi connectivity index (χ2v) is 17.8. The lowest BCUT2D eigenvalue weighted by molar-refractivity contribution is -0.161. The lowest BCUT2D eigenvalue weighted by atomic mass is 10.0. The lowest BCUT2D eigenvalue weighted by Crippen LogP contribution is -2.29. The number of unbranched alkanes of at least 4 members (excludes halogenated alkanes) is 30. The highest BCUT2D eigenvalue weighted by atomic mass is 31.2. The van der Waals surface area contributed by atoms with E-state index in [-0.39, 0.29) is 19.0 Å². The van der Waals surface area contributed by atoms with Crippen molar-refractivity contribution in [3.63, 3.8) is 0 Å². The van der Waals surface area contributed by atoms with Gasteiger partial charge < -0.3 is 14.4 Å². The van der Waals surface area contributed by atoms with E-state index in [1.54, 1.807) is 0 Å². The number of phosphoric ester groups is 1. The molecular formula is C48H91O8P. The van der Waals surface area contributed by atoms with Gasteiger partial charge in [0, 0.05) is 20.0 Å². The summed E-state index contributed by atoms with van der Waals surface area (Å²) >= 11 is 0. The molecule has 57 heavy (non-hydrogen) atoms. The molecule has 0 aliphatic carbocycles. The summed E-state index contributed by atoms with van der Waals surface area (Å²) < 4.78 is 32.1. The van der Waals surface area contributed by atoms with Crippen LogP contribution in [0.2, 0.25) is 0 Å². The molecule has 0 aliphatic rings. The molecule has 0 fully saturated rings. The molecule has 0 rings (SSSR count). The molecule has 0 aliphatic heterocycles. The largest absolute Gasteiger partial charge is 0.472 e. The summed E-state index contributed by atoms with van der Waals surface area (Å²) in [7, 11) is -3.20. The molecule has 0 bridgehead atoms. The fourth-order valence-electron chi connectivity index (χ4n) is 6.98. The SMILES string of the molecule is CCCCC/C=C\C/C=C\CCCCCCCCCCCC(=O)OC(COC(=O)CCCCCCCCCCCCCCCCCCCCC)COP(=O)(O)OC. The summed E-state index contributed by atoms with van der Waals surface area (Å²) in [4.78, 5) is 34.6. The molecule has 0 saturated carbocycles. The molecule has 0 aromatic rings. The highest BCUT2D eigenvalue weighted by molar-refractivity contribution is 7.47. The third-order valence-corrected chi connectivity index (χ3v) is 11.6. The predicted octanol–water partition coefficient (Wildman–Crippen LogP) is 15.4. The van der Waals surface area contributed by atoms with Gasteiger partial charge in [0.25, 0.3) is 0 Å². The van der Waals surface area contributed by atoms with Crippen LogP contribution in [0.5, 0.6) is 0 Å². The molecular weight excluding hydrogens is 735 g/mol. The molecule has 0 radical (unpaired) electrons. The Morgan fingerprint density at radius 2 is 0.842 bits per heavy atom. The Hall–Kier alpha value is -1.47. The number of hydrogen-bond donors (Lipinski definition) is 1. The van der Waals surface area contributed by atoms with E-state index in [9.17, 15) is 19.0 Å². The van der Waals surface area contributed by atoms with Crippen LogP contribution in [-0.2, 0) is 32.7 Å². The van der Waals surface area contributed by atoms with Crippen molar-refractivity contribution >= 4 is 19.8 Å². The fourth-order valence-corrected chi connectivity index (χ4v) is 7.44. The molecule has 8 nitrogen and oxygen atoms in total. The average molecular weight is 827 g/mol. The van der Waals surface area contributed by atoms with Crippen molar-refractivity contribution in [3.05, 3.63) is 24.3 Å². The fraction of sp³-hybridized carbons (Fsp3) is 0.875. The summed E-state index contributed by atoms with van der Waals surface area (Å²) in [5.41, 5.74) is 0. The second-order valence-electron chi connectivity index (χ2n) is 16.3. The Morgan fingerprint density at radius 1 is 0.491 bits per heavy atom. The van der Waals surface area contributed by atoms with Crippen LogP contribution in [0, 0.1) is 0 Å². The minimum absolute atomic E-state index is 0.222. The Bertz CT molecular complexity index is 983. The first-order valence-corrected chi connectivity index (χ1v) is 25.5. The zero-order valence-corrected chi connectivity index (χ0v) is 38.4. The van der Waals surface area contributed by atoms with Gasteiger partial charge in [-0.25, -0.2) is 4.57 Å². The number of carbonyl (C=O) groups is 2. The summed E-state index contributed by atoms with van der Waals surface area (Å²) in [5, 5.41) is 0. The Labute approximate surface area is 352 Å². The number of esters is 2. The maximum Gasteiger partial charge on any atom is 0.472 e. The Balaban J connectivity index is 3.91. The number of phosphoric acid groups is 1. The van der Waals surface area contributed by atoms with E-state index in [0.29, 0.717) is 12.8 Å². The van der Waals surface area contributed by atoms with Crippen LogP contribution in [0.25, 0.3) is 0 Å². The van der Waals surface area contributed by atoms with Crippen molar-refractivity contribution in [3.8, 4) is 0 Å².